The lowest BCUT2D eigenvalue weighted by molar-refractivity contribution is -0.120. The number of hydrogen-bond acceptors (Lipinski definition) is 5. The lowest BCUT2D eigenvalue weighted by Gasteiger charge is -2.15. The Kier molecular flexibility index (Phi) is 5.04. The van der Waals surface area contributed by atoms with Crippen LogP contribution in [0.4, 0.5) is 0 Å². The molecule has 1 rings (SSSR count). The zero-order chi connectivity index (χ0) is 14.6. The molecule has 1 aromatic rings. The van der Waals surface area contributed by atoms with E-state index in [1.54, 1.807) is 0 Å². The number of amides is 1. The van der Waals surface area contributed by atoms with Crippen LogP contribution in [0.1, 0.15) is 16.8 Å². The first-order valence-electron chi connectivity index (χ1n) is 5.27. The van der Waals surface area contributed by atoms with Crippen LogP contribution in [0.3, 0.4) is 0 Å². The molecule has 0 aromatic carbocycles. The second-order valence-corrected chi connectivity index (χ2v) is 6.89. The van der Waals surface area contributed by atoms with Crippen molar-refractivity contribution in [3.8, 4) is 0 Å². The minimum Gasteiger partial charge on any atom is -0.478 e. The summed E-state index contributed by atoms with van der Waals surface area (Å²) in [5.41, 5.74) is -0.0664. The normalized spacial score (nSPS) is 11.5. The van der Waals surface area contributed by atoms with Gasteiger partial charge >= 0.3 is 5.97 Å². The fourth-order valence-electron chi connectivity index (χ4n) is 1.22. The lowest BCUT2D eigenvalue weighted by Crippen LogP contribution is -2.31. The number of nitrogens with one attached hydrogen (secondary N) is 1. The maximum absolute atomic E-state index is 12.1. The summed E-state index contributed by atoms with van der Waals surface area (Å²) in [7, 11) is -0.934. The highest BCUT2D eigenvalue weighted by atomic mass is 32.2. The van der Waals surface area contributed by atoms with E-state index >= 15 is 0 Å². The zero-order valence-corrected chi connectivity index (χ0v) is 12.0. The number of nitrogens with zero attached hydrogens (tertiary/aromatic N) is 1. The molecule has 0 spiro atoms. The van der Waals surface area contributed by atoms with E-state index in [0.29, 0.717) is 0 Å². The Morgan fingerprint density at radius 1 is 1.47 bits per heavy atom. The molecule has 0 radical (unpaired) electrons. The standard InChI is InChI=1S/C10H14N2O5S2/c1-11-8(13)3-4-12(2)19(16,17)9-5-7(6-18-9)10(14)15/h5-6H,3-4H2,1-2H3,(H,11,13)(H,14,15). The fourth-order valence-corrected chi connectivity index (χ4v) is 3.76. The van der Waals surface area contributed by atoms with E-state index in [9.17, 15) is 18.0 Å². The number of carbonyl (C=O) groups excluding carboxylic acids is 1. The van der Waals surface area contributed by atoms with Crippen molar-refractivity contribution in [3.63, 3.8) is 0 Å². The van der Waals surface area contributed by atoms with Crippen molar-refractivity contribution in [1.82, 2.24) is 9.62 Å². The van der Waals surface area contributed by atoms with Crippen LogP contribution in [0.5, 0.6) is 0 Å². The average molecular weight is 306 g/mol. The van der Waals surface area contributed by atoms with Crippen LogP contribution in [0.2, 0.25) is 0 Å². The van der Waals surface area contributed by atoms with Gasteiger partial charge in [-0.25, -0.2) is 13.2 Å². The third-order valence-corrected chi connectivity index (χ3v) is 5.69. The predicted molar refractivity (Wildman–Crippen MR) is 69.8 cm³/mol. The molecule has 19 heavy (non-hydrogen) atoms. The molecule has 0 bridgehead atoms. The van der Waals surface area contributed by atoms with E-state index in [2.05, 4.69) is 5.32 Å². The molecule has 0 unspecified atom stereocenters. The molecule has 0 atom stereocenters. The van der Waals surface area contributed by atoms with Gasteiger partial charge in [0.25, 0.3) is 10.0 Å². The monoisotopic (exact) mass is 306 g/mol. The summed E-state index contributed by atoms with van der Waals surface area (Å²) in [6, 6.07) is 1.11. The minimum atomic E-state index is -3.75. The number of hydrogen-bond donors (Lipinski definition) is 2. The lowest BCUT2D eigenvalue weighted by atomic mass is 10.4. The Morgan fingerprint density at radius 3 is 2.58 bits per heavy atom. The van der Waals surface area contributed by atoms with Crippen LogP contribution >= 0.6 is 11.3 Å². The number of carboxylic acid groups (broad SMARTS) is 1. The molecule has 1 amide bonds. The van der Waals surface area contributed by atoms with Crippen molar-refractivity contribution in [2.75, 3.05) is 20.6 Å². The van der Waals surface area contributed by atoms with E-state index in [4.69, 9.17) is 5.11 Å². The molecule has 0 fully saturated rings. The molecular formula is C10H14N2O5S2. The molecule has 0 saturated carbocycles. The number of sulfonamides is 1. The quantitative estimate of drug-likeness (QED) is 0.781. The summed E-state index contributed by atoms with van der Waals surface area (Å²) in [5.74, 6) is -1.44. The number of carbonyl (C=O) groups is 2. The van der Waals surface area contributed by atoms with Crippen LogP contribution in [0, 0.1) is 0 Å². The van der Waals surface area contributed by atoms with Crippen molar-refractivity contribution in [2.45, 2.75) is 10.6 Å². The van der Waals surface area contributed by atoms with E-state index in [1.165, 1.54) is 19.5 Å². The van der Waals surface area contributed by atoms with Gasteiger partial charge in [0.05, 0.1) is 5.56 Å². The van der Waals surface area contributed by atoms with Gasteiger partial charge in [0, 0.05) is 32.4 Å². The molecule has 7 nitrogen and oxygen atoms in total. The molecule has 2 N–H and O–H groups in total. The van der Waals surface area contributed by atoms with Gasteiger partial charge in [0.2, 0.25) is 5.91 Å². The van der Waals surface area contributed by atoms with Gasteiger partial charge in [-0.05, 0) is 6.07 Å². The average Bonchev–Trinajstić information content (AvgIpc) is 2.85. The Hall–Kier alpha value is -1.45. The first kappa shape index (κ1) is 15.6. The maximum Gasteiger partial charge on any atom is 0.336 e. The van der Waals surface area contributed by atoms with E-state index in [0.717, 1.165) is 21.7 Å². The number of rotatable bonds is 6. The molecule has 0 aliphatic heterocycles. The number of carboxylic acids is 1. The zero-order valence-electron chi connectivity index (χ0n) is 10.4. The summed E-state index contributed by atoms with van der Waals surface area (Å²) in [6.45, 7) is 0.0301. The van der Waals surface area contributed by atoms with Crippen molar-refractivity contribution in [2.24, 2.45) is 0 Å². The van der Waals surface area contributed by atoms with Crippen molar-refractivity contribution in [1.29, 1.82) is 0 Å². The predicted octanol–water partition coefficient (Wildman–Crippen LogP) is 0.203. The molecule has 106 valence electrons. The topological polar surface area (TPSA) is 104 Å². The Bertz CT molecular complexity index is 578. The van der Waals surface area contributed by atoms with Gasteiger partial charge in [-0.2, -0.15) is 4.31 Å². The molecular weight excluding hydrogens is 292 g/mol. The summed E-state index contributed by atoms with van der Waals surface area (Å²) >= 11 is 0.842. The highest BCUT2D eigenvalue weighted by Crippen LogP contribution is 2.23. The van der Waals surface area contributed by atoms with E-state index < -0.39 is 16.0 Å². The molecule has 0 aliphatic rings. The van der Waals surface area contributed by atoms with Gasteiger partial charge in [-0.3, -0.25) is 4.79 Å². The second kappa shape index (κ2) is 6.13. The van der Waals surface area contributed by atoms with E-state index in [1.807, 2.05) is 0 Å². The summed E-state index contributed by atoms with van der Waals surface area (Å²) in [4.78, 5) is 21.8. The summed E-state index contributed by atoms with van der Waals surface area (Å²) in [6.07, 6.45) is 0.0450. The molecule has 1 aromatic heterocycles. The fraction of sp³-hybridized carbons (Fsp3) is 0.400. The highest BCUT2D eigenvalue weighted by molar-refractivity contribution is 7.91. The maximum atomic E-state index is 12.1. The Labute approximate surface area is 114 Å². The largest absolute Gasteiger partial charge is 0.478 e. The summed E-state index contributed by atoms with van der Waals surface area (Å²) < 4.78 is 25.1. The Balaban J connectivity index is 2.84. The van der Waals surface area contributed by atoms with Crippen LogP contribution in [-0.2, 0) is 14.8 Å². The minimum absolute atomic E-state index is 0.0301. The SMILES string of the molecule is CNC(=O)CCN(C)S(=O)(=O)c1cc(C(=O)O)cs1. The van der Waals surface area contributed by atoms with Crippen molar-refractivity contribution >= 4 is 33.2 Å². The first-order valence-corrected chi connectivity index (χ1v) is 7.59. The van der Waals surface area contributed by atoms with Crippen molar-refractivity contribution in [3.05, 3.63) is 17.0 Å². The van der Waals surface area contributed by atoms with Crippen LogP contribution in [0.15, 0.2) is 15.7 Å². The first-order chi connectivity index (χ1) is 8.78. The Morgan fingerprint density at radius 2 is 2.11 bits per heavy atom. The van der Waals surface area contributed by atoms with Gasteiger partial charge in [-0.15, -0.1) is 11.3 Å². The number of aromatic carboxylic acids is 1. The molecule has 1 heterocycles. The summed E-state index contributed by atoms with van der Waals surface area (Å²) in [5, 5.41) is 12.4. The van der Waals surface area contributed by atoms with Crippen LogP contribution in [0.25, 0.3) is 0 Å². The van der Waals surface area contributed by atoms with Gasteiger partial charge in [0.15, 0.2) is 0 Å². The van der Waals surface area contributed by atoms with Gasteiger partial charge in [-0.1, -0.05) is 0 Å². The number of thiophene rings is 1. The smallest absolute Gasteiger partial charge is 0.336 e. The van der Waals surface area contributed by atoms with Crippen LogP contribution < -0.4 is 5.32 Å². The van der Waals surface area contributed by atoms with Crippen molar-refractivity contribution < 1.29 is 23.1 Å². The molecule has 0 saturated heterocycles. The highest BCUT2D eigenvalue weighted by Gasteiger charge is 2.24. The molecule has 9 heteroatoms. The third-order valence-electron chi connectivity index (χ3n) is 2.42. The second-order valence-electron chi connectivity index (χ2n) is 3.71. The third kappa shape index (κ3) is 3.75. The van der Waals surface area contributed by atoms with Gasteiger partial charge < -0.3 is 10.4 Å². The van der Waals surface area contributed by atoms with Crippen LogP contribution in [-0.4, -0.2) is 50.3 Å². The molecule has 0 aliphatic carbocycles. The van der Waals surface area contributed by atoms with E-state index in [-0.39, 0.29) is 28.6 Å². The van der Waals surface area contributed by atoms with Gasteiger partial charge in [0.1, 0.15) is 4.21 Å².